The Balaban J connectivity index is 1.89. The number of carbonyl (C=O) groups excluding carboxylic acids is 1. The summed E-state index contributed by atoms with van der Waals surface area (Å²) >= 11 is 0. The molecule has 2 saturated carbocycles. The summed E-state index contributed by atoms with van der Waals surface area (Å²) in [6.07, 6.45) is 9.30. The zero-order valence-corrected chi connectivity index (χ0v) is 14.4. The molecule has 2 fully saturated rings. The van der Waals surface area contributed by atoms with Gasteiger partial charge in [-0.2, -0.15) is 0 Å². The highest BCUT2D eigenvalue weighted by atomic mass is 16.2. The molecule has 3 unspecified atom stereocenters. The van der Waals surface area contributed by atoms with Crippen LogP contribution in [0.5, 0.6) is 0 Å². The summed E-state index contributed by atoms with van der Waals surface area (Å²) < 4.78 is 0. The number of carbonyl (C=O) groups is 1. The maximum atomic E-state index is 12.8. The van der Waals surface area contributed by atoms with Gasteiger partial charge in [-0.05, 0) is 56.3 Å². The SMILES string of the molecule is CC(C(=O)N(C)C1CCC(C)(C)CC1)C1CCCC(N)C1. The lowest BCUT2D eigenvalue weighted by molar-refractivity contribution is -0.139. The molecule has 3 nitrogen and oxygen atoms in total. The van der Waals surface area contributed by atoms with Gasteiger partial charge in [-0.15, -0.1) is 0 Å². The van der Waals surface area contributed by atoms with Gasteiger partial charge < -0.3 is 10.6 Å². The van der Waals surface area contributed by atoms with Crippen LogP contribution < -0.4 is 5.73 Å². The summed E-state index contributed by atoms with van der Waals surface area (Å²) in [5.74, 6) is 0.971. The zero-order valence-electron chi connectivity index (χ0n) is 14.4. The van der Waals surface area contributed by atoms with Crippen molar-refractivity contribution in [2.24, 2.45) is 23.0 Å². The molecule has 0 spiro atoms. The average Bonchev–Trinajstić information content (AvgIpc) is 2.45. The predicted octanol–water partition coefficient (Wildman–Crippen LogP) is 3.57. The summed E-state index contributed by atoms with van der Waals surface area (Å²) in [6, 6.07) is 0.755. The van der Waals surface area contributed by atoms with E-state index in [1.807, 2.05) is 7.05 Å². The lowest BCUT2D eigenvalue weighted by Gasteiger charge is -2.40. The van der Waals surface area contributed by atoms with Crippen molar-refractivity contribution in [3.63, 3.8) is 0 Å². The smallest absolute Gasteiger partial charge is 0.225 e. The van der Waals surface area contributed by atoms with Gasteiger partial charge in [0.2, 0.25) is 5.91 Å². The Bertz CT molecular complexity index is 356. The Morgan fingerprint density at radius 2 is 1.81 bits per heavy atom. The third-order valence-electron chi connectivity index (χ3n) is 6.06. The molecule has 0 radical (unpaired) electrons. The van der Waals surface area contributed by atoms with Crippen LogP contribution in [0.25, 0.3) is 0 Å². The second kappa shape index (κ2) is 6.68. The highest BCUT2D eigenvalue weighted by Crippen LogP contribution is 2.37. The quantitative estimate of drug-likeness (QED) is 0.865. The van der Waals surface area contributed by atoms with Crippen LogP contribution in [0.4, 0.5) is 0 Å². The van der Waals surface area contributed by atoms with E-state index < -0.39 is 0 Å². The van der Waals surface area contributed by atoms with Crippen LogP contribution in [-0.2, 0) is 4.79 Å². The first-order valence-corrected chi connectivity index (χ1v) is 8.82. The van der Waals surface area contributed by atoms with Gasteiger partial charge in [0, 0.05) is 25.0 Å². The van der Waals surface area contributed by atoms with Gasteiger partial charge in [0.15, 0.2) is 0 Å². The third-order valence-corrected chi connectivity index (χ3v) is 6.06. The van der Waals surface area contributed by atoms with Crippen molar-refractivity contribution in [2.45, 2.75) is 84.2 Å². The molecule has 0 aliphatic heterocycles. The van der Waals surface area contributed by atoms with E-state index in [0.29, 0.717) is 29.3 Å². The fraction of sp³-hybridized carbons (Fsp3) is 0.944. The van der Waals surface area contributed by atoms with Crippen LogP contribution in [0.1, 0.15) is 72.1 Å². The summed E-state index contributed by atoms with van der Waals surface area (Å²) in [4.78, 5) is 14.9. The van der Waals surface area contributed by atoms with Crippen molar-refractivity contribution in [2.75, 3.05) is 7.05 Å². The van der Waals surface area contributed by atoms with Crippen molar-refractivity contribution >= 4 is 5.91 Å². The molecule has 3 heteroatoms. The Hall–Kier alpha value is -0.570. The maximum absolute atomic E-state index is 12.8. The largest absolute Gasteiger partial charge is 0.343 e. The topological polar surface area (TPSA) is 46.3 Å². The average molecular weight is 294 g/mol. The van der Waals surface area contributed by atoms with Gasteiger partial charge in [-0.3, -0.25) is 4.79 Å². The van der Waals surface area contributed by atoms with E-state index in [1.54, 1.807) is 0 Å². The summed E-state index contributed by atoms with van der Waals surface area (Å²) in [5, 5.41) is 0. The molecule has 21 heavy (non-hydrogen) atoms. The van der Waals surface area contributed by atoms with E-state index in [-0.39, 0.29) is 5.92 Å². The van der Waals surface area contributed by atoms with Crippen LogP contribution in [0.3, 0.4) is 0 Å². The number of amides is 1. The van der Waals surface area contributed by atoms with E-state index in [2.05, 4.69) is 25.7 Å². The molecular weight excluding hydrogens is 260 g/mol. The van der Waals surface area contributed by atoms with Gasteiger partial charge in [0.25, 0.3) is 0 Å². The lowest BCUT2D eigenvalue weighted by atomic mass is 9.74. The molecule has 1 amide bonds. The van der Waals surface area contributed by atoms with Crippen LogP contribution in [0.15, 0.2) is 0 Å². The van der Waals surface area contributed by atoms with Gasteiger partial charge in [-0.1, -0.05) is 27.2 Å². The Morgan fingerprint density at radius 1 is 1.19 bits per heavy atom. The van der Waals surface area contributed by atoms with Crippen molar-refractivity contribution in [1.29, 1.82) is 0 Å². The zero-order chi connectivity index (χ0) is 15.6. The van der Waals surface area contributed by atoms with Crippen LogP contribution in [0.2, 0.25) is 0 Å². The highest BCUT2D eigenvalue weighted by molar-refractivity contribution is 5.78. The van der Waals surface area contributed by atoms with E-state index in [1.165, 1.54) is 25.7 Å². The monoisotopic (exact) mass is 294 g/mol. The first-order valence-electron chi connectivity index (χ1n) is 8.82. The van der Waals surface area contributed by atoms with E-state index in [9.17, 15) is 4.79 Å². The lowest BCUT2D eigenvalue weighted by Crippen LogP contribution is -2.45. The molecule has 0 aromatic carbocycles. The van der Waals surface area contributed by atoms with Crippen LogP contribution in [0, 0.1) is 17.3 Å². The molecule has 0 heterocycles. The van der Waals surface area contributed by atoms with E-state index >= 15 is 0 Å². The number of hydrogen-bond acceptors (Lipinski definition) is 2. The van der Waals surface area contributed by atoms with Gasteiger partial charge >= 0.3 is 0 Å². The molecule has 0 bridgehead atoms. The molecule has 2 N–H and O–H groups in total. The van der Waals surface area contributed by atoms with Crippen LogP contribution in [-0.4, -0.2) is 29.9 Å². The number of hydrogen-bond donors (Lipinski definition) is 1. The highest BCUT2D eigenvalue weighted by Gasteiger charge is 2.35. The molecular formula is C18H34N2O. The maximum Gasteiger partial charge on any atom is 0.225 e. The normalized spacial score (nSPS) is 31.7. The van der Waals surface area contributed by atoms with Crippen molar-refractivity contribution in [3.8, 4) is 0 Å². The molecule has 3 atom stereocenters. The minimum absolute atomic E-state index is 0.135. The van der Waals surface area contributed by atoms with Gasteiger partial charge in [0.05, 0.1) is 0 Å². The fourth-order valence-electron chi connectivity index (χ4n) is 4.20. The number of nitrogens with zero attached hydrogens (tertiary/aromatic N) is 1. The summed E-state index contributed by atoms with van der Waals surface area (Å²) in [6.45, 7) is 6.81. The summed E-state index contributed by atoms with van der Waals surface area (Å²) in [7, 11) is 2.02. The standard InChI is InChI=1S/C18H34N2O/c1-13(14-6-5-7-15(19)12-14)17(21)20(4)16-8-10-18(2,3)11-9-16/h13-16H,5-12,19H2,1-4H3. The Kier molecular flexibility index (Phi) is 5.34. The van der Waals surface area contributed by atoms with Crippen LogP contribution >= 0.6 is 0 Å². The molecule has 0 saturated heterocycles. The van der Waals surface area contributed by atoms with Crippen molar-refractivity contribution < 1.29 is 4.79 Å². The fourth-order valence-corrected chi connectivity index (χ4v) is 4.20. The second-order valence-corrected chi connectivity index (χ2v) is 8.32. The summed E-state index contributed by atoms with van der Waals surface area (Å²) in [5.41, 5.74) is 6.55. The number of nitrogens with two attached hydrogens (primary N) is 1. The van der Waals surface area contributed by atoms with E-state index in [0.717, 1.165) is 25.7 Å². The predicted molar refractivity (Wildman–Crippen MR) is 87.9 cm³/mol. The minimum Gasteiger partial charge on any atom is -0.343 e. The molecule has 2 aliphatic carbocycles. The number of rotatable bonds is 3. The third kappa shape index (κ3) is 4.21. The van der Waals surface area contributed by atoms with E-state index in [4.69, 9.17) is 5.73 Å². The molecule has 2 aliphatic rings. The molecule has 0 aromatic heterocycles. The first-order chi connectivity index (χ1) is 9.80. The van der Waals surface area contributed by atoms with Gasteiger partial charge in [-0.25, -0.2) is 0 Å². The Morgan fingerprint density at radius 3 is 2.38 bits per heavy atom. The second-order valence-electron chi connectivity index (χ2n) is 8.32. The Labute approximate surface area is 130 Å². The molecule has 0 aromatic rings. The van der Waals surface area contributed by atoms with Gasteiger partial charge in [0.1, 0.15) is 0 Å². The van der Waals surface area contributed by atoms with Crippen molar-refractivity contribution in [3.05, 3.63) is 0 Å². The molecule has 2 rings (SSSR count). The first kappa shape index (κ1) is 16.8. The van der Waals surface area contributed by atoms with Crippen molar-refractivity contribution in [1.82, 2.24) is 4.90 Å². The molecule has 122 valence electrons. The minimum atomic E-state index is 0.135.